The fourth-order valence-electron chi connectivity index (χ4n) is 1.33. The van der Waals surface area contributed by atoms with Crippen molar-refractivity contribution < 1.29 is 4.74 Å². The molecule has 0 spiro atoms. The summed E-state index contributed by atoms with van der Waals surface area (Å²) in [5.41, 5.74) is 6.38. The van der Waals surface area contributed by atoms with Crippen molar-refractivity contribution in [1.82, 2.24) is 10.2 Å². The second-order valence-corrected chi connectivity index (χ2v) is 3.32. The molecule has 1 aromatic carbocycles. The predicted molar refractivity (Wildman–Crippen MR) is 58.5 cm³/mol. The summed E-state index contributed by atoms with van der Waals surface area (Å²) in [4.78, 5) is 0. The van der Waals surface area contributed by atoms with Gasteiger partial charge in [0.2, 0.25) is 0 Å². The number of H-pyrrole nitrogens is 1. The van der Waals surface area contributed by atoms with Gasteiger partial charge in [-0.2, -0.15) is 5.10 Å². The van der Waals surface area contributed by atoms with E-state index in [1.807, 2.05) is 37.3 Å². The number of nitrogen functional groups attached to an aromatic ring is 1. The first-order valence-electron chi connectivity index (χ1n) is 4.78. The van der Waals surface area contributed by atoms with Crippen LogP contribution in [-0.4, -0.2) is 10.2 Å². The first kappa shape index (κ1) is 9.58. The lowest BCUT2D eigenvalue weighted by Gasteiger charge is -2.12. The van der Waals surface area contributed by atoms with Crippen LogP contribution in [0, 0.1) is 0 Å². The fraction of sp³-hybridized carbons (Fsp3) is 0.182. The molecule has 2 aromatic rings. The van der Waals surface area contributed by atoms with Crippen LogP contribution in [0.1, 0.15) is 18.7 Å². The first-order chi connectivity index (χ1) is 7.25. The fourth-order valence-corrected chi connectivity index (χ4v) is 1.33. The summed E-state index contributed by atoms with van der Waals surface area (Å²) in [7, 11) is 0. The van der Waals surface area contributed by atoms with Crippen LogP contribution in [0.5, 0.6) is 5.75 Å². The molecule has 0 aliphatic carbocycles. The number of aromatic nitrogens is 2. The molecule has 0 saturated heterocycles. The number of benzene rings is 1. The van der Waals surface area contributed by atoms with E-state index < -0.39 is 0 Å². The summed E-state index contributed by atoms with van der Waals surface area (Å²) < 4.78 is 5.69. The van der Waals surface area contributed by atoms with E-state index in [0.717, 1.165) is 11.4 Å². The Kier molecular flexibility index (Phi) is 2.58. The number of hydrogen-bond donors (Lipinski definition) is 2. The number of aromatic amines is 1. The average Bonchev–Trinajstić information content (AvgIpc) is 2.66. The van der Waals surface area contributed by atoms with Gasteiger partial charge in [-0.3, -0.25) is 5.10 Å². The SMILES string of the molecule is CC(Oc1ccccc1)c1cc(N)n[nH]1. The third-order valence-electron chi connectivity index (χ3n) is 2.11. The molecule has 1 atom stereocenters. The quantitative estimate of drug-likeness (QED) is 0.803. The van der Waals surface area contributed by atoms with E-state index in [1.165, 1.54) is 0 Å². The maximum absolute atomic E-state index is 5.69. The smallest absolute Gasteiger partial charge is 0.145 e. The molecule has 0 aliphatic heterocycles. The molecule has 1 heterocycles. The Morgan fingerprint density at radius 1 is 1.33 bits per heavy atom. The second kappa shape index (κ2) is 4.04. The zero-order valence-corrected chi connectivity index (χ0v) is 8.47. The van der Waals surface area contributed by atoms with Crippen molar-refractivity contribution in [3.63, 3.8) is 0 Å². The van der Waals surface area contributed by atoms with Gasteiger partial charge >= 0.3 is 0 Å². The van der Waals surface area contributed by atoms with Crippen molar-refractivity contribution in [3.05, 3.63) is 42.1 Å². The van der Waals surface area contributed by atoms with Crippen LogP contribution in [0.25, 0.3) is 0 Å². The molecular formula is C11H13N3O. The first-order valence-corrected chi connectivity index (χ1v) is 4.78. The molecular weight excluding hydrogens is 190 g/mol. The molecule has 0 radical (unpaired) electrons. The second-order valence-electron chi connectivity index (χ2n) is 3.32. The topological polar surface area (TPSA) is 63.9 Å². The predicted octanol–water partition coefficient (Wildman–Crippen LogP) is 2.13. The van der Waals surface area contributed by atoms with Crippen molar-refractivity contribution >= 4 is 5.82 Å². The van der Waals surface area contributed by atoms with Gasteiger partial charge in [-0.1, -0.05) is 18.2 Å². The molecule has 78 valence electrons. The molecule has 15 heavy (non-hydrogen) atoms. The summed E-state index contributed by atoms with van der Waals surface area (Å²) in [6, 6.07) is 11.4. The third kappa shape index (κ3) is 2.28. The number of anilines is 1. The number of rotatable bonds is 3. The van der Waals surface area contributed by atoms with Gasteiger partial charge in [-0.25, -0.2) is 0 Å². The van der Waals surface area contributed by atoms with Crippen molar-refractivity contribution in [3.8, 4) is 5.75 Å². The monoisotopic (exact) mass is 203 g/mol. The standard InChI is InChI=1S/C11H13N3O/c1-8(10-7-11(12)14-13-10)15-9-5-3-2-4-6-9/h2-8H,1H3,(H3,12,13,14). The van der Waals surface area contributed by atoms with E-state index in [-0.39, 0.29) is 6.10 Å². The van der Waals surface area contributed by atoms with Gasteiger partial charge in [-0.05, 0) is 19.1 Å². The van der Waals surface area contributed by atoms with Crippen LogP contribution in [-0.2, 0) is 0 Å². The molecule has 2 rings (SSSR count). The van der Waals surface area contributed by atoms with Gasteiger partial charge < -0.3 is 10.5 Å². The van der Waals surface area contributed by atoms with Crippen LogP contribution in [0.4, 0.5) is 5.82 Å². The number of nitrogens with zero attached hydrogens (tertiary/aromatic N) is 1. The number of hydrogen-bond acceptors (Lipinski definition) is 3. The van der Waals surface area contributed by atoms with Crippen molar-refractivity contribution in [2.45, 2.75) is 13.0 Å². The van der Waals surface area contributed by atoms with E-state index >= 15 is 0 Å². The van der Waals surface area contributed by atoms with Crippen LogP contribution < -0.4 is 10.5 Å². The lowest BCUT2D eigenvalue weighted by Crippen LogP contribution is -2.03. The summed E-state index contributed by atoms with van der Waals surface area (Å²) in [6.07, 6.45) is -0.0859. The average molecular weight is 203 g/mol. The highest BCUT2D eigenvalue weighted by atomic mass is 16.5. The molecule has 0 saturated carbocycles. The minimum atomic E-state index is -0.0859. The summed E-state index contributed by atoms with van der Waals surface area (Å²) in [5.74, 6) is 1.31. The van der Waals surface area contributed by atoms with Crippen molar-refractivity contribution in [1.29, 1.82) is 0 Å². The molecule has 3 N–H and O–H groups in total. The van der Waals surface area contributed by atoms with Crippen LogP contribution in [0.2, 0.25) is 0 Å². The highest BCUT2D eigenvalue weighted by Crippen LogP contribution is 2.20. The molecule has 4 nitrogen and oxygen atoms in total. The minimum Gasteiger partial charge on any atom is -0.484 e. The molecule has 0 fully saturated rings. The molecule has 1 unspecified atom stereocenters. The summed E-state index contributed by atoms with van der Waals surface area (Å²) >= 11 is 0. The molecule has 0 bridgehead atoms. The van der Waals surface area contributed by atoms with Gasteiger partial charge in [0.1, 0.15) is 17.7 Å². The van der Waals surface area contributed by atoms with Gasteiger partial charge in [0, 0.05) is 6.07 Å². The molecule has 0 aliphatic rings. The highest BCUT2D eigenvalue weighted by molar-refractivity contribution is 5.30. The Balaban J connectivity index is 2.07. The molecule has 0 amide bonds. The zero-order valence-electron chi connectivity index (χ0n) is 8.47. The Bertz CT molecular complexity index is 424. The Hall–Kier alpha value is -1.97. The Labute approximate surface area is 88.1 Å². The Morgan fingerprint density at radius 3 is 2.67 bits per heavy atom. The third-order valence-corrected chi connectivity index (χ3v) is 2.11. The van der Waals surface area contributed by atoms with E-state index in [1.54, 1.807) is 6.07 Å². The highest BCUT2D eigenvalue weighted by Gasteiger charge is 2.09. The lowest BCUT2D eigenvalue weighted by atomic mass is 10.3. The maximum atomic E-state index is 5.69. The van der Waals surface area contributed by atoms with Crippen LogP contribution in [0.3, 0.4) is 0 Å². The molecule has 1 aromatic heterocycles. The minimum absolute atomic E-state index is 0.0859. The van der Waals surface area contributed by atoms with E-state index in [2.05, 4.69) is 10.2 Å². The number of nitrogens with one attached hydrogen (secondary N) is 1. The largest absolute Gasteiger partial charge is 0.484 e. The zero-order chi connectivity index (χ0) is 10.7. The van der Waals surface area contributed by atoms with E-state index in [4.69, 9.17) is 10.5 Å². The van der Waals surface area contributed by atoms with Gasteiger partial charge in [-0.15, -0.1) is 0 Å². The van der Waals surface area contributed by atoms with Crippen molar-refractivity contribution in [2.75, 3.05) is 5.73 Å². The van der Waals surface area contributed by atoms with E-state index in [0.29, 0.717) is 5.82 Å². The van der Waals surface area contributed by atoms with Gasteiger partial charge in [0.15, 0.2) is 0 Å². The van der Waals surface area contributed by atoms with Crippen molar-refractivity contribution in [2.24, 2.45) is 0 Å². The molecule has 4 heteroatoms. The van der Waals surface area contributed by atoms with Gasteiger partial charge in [0.05, 0.1) is 5.69 Å². The lowest BCUT2D eigenvalue weighted by molar-refractivity contribution is 0.222. The van der Waals surface area contributed by atoms with E-state index in [9.17, 15) is 0 Å². The summed E-state index contributed by atoms with van der Waals surface area (Å²) in [6.45, 7) is 1.94. The number of nitrogens with two attached hydrogens (primary N) is 1. The van der Waals surface area contributed by atoms with Crippen LogP contribution in [0.15, 0.2) is 36.4 Å². The maximum Gasteiger partial charge on any atom is 0.145 e. The van der Waals surface area contributed by atoms with Gasteiger partial charge in [0.25, 0.3) is 0 Å². The Morgan fingerprint density at radius 2 is 2.07 bits per heavy atom. The summed E-state index contributed by atoms with van der Waals surface area (Å²) in [5, 5.41) is 6.68. The van der Waals surface area contributed by atoms with Crippen LogP contribution >= 0.6 is 0 Å². The number of para-hydroxylation sites is 1. The number of ether oxygens (including phenoxy) is 1. The normalized spacial score (nSPS) is 12.3.